The van der Waals surface area contributed by atoms with Gasteiger partial charge in [-0.1, -0.05) is 0 Å². The number of β-amino-alcohol motifs (C(OH)–C–C–N with tert-alkyl or cyclic N) is 1. The Morgan fingerprint density at radius 3 is 2.50 bits per heavy atom. The van der Waals surface area contributed by atoms with E-state index >= 15 is 0 Å². The first-order valence-electron chi connectivity index (χ1n) is 7.19. The summed E-state index contributed by atoms with van der Waals surface area (Å²) in [5, 5.41) is 19.5. The van der Waals surface area contributed by atoms with E-state index in [1.54, 1.807) is 13.1 Å². The highest BCUT2D eigenvalue weighted by Crippen LogP contribution is 2.19. The first-order chi connectivity index (χ1) is 9.35. The lowest BCUT2D eigenvalue weighted by molar-refractivity contribution is 0.0344. The summed E-state index contributed by atoms with van der Waals surface area (Å²) >= 11 is 0. The van der Waals surface area contributed by atoms with Crippen molar-refractivity contribution in [3.63, 3.8) is 0 Å². The van der Waals surface area contributed by atoms with Crippen LogP contribution < -0.4 is 4.90 Å². The van der Waals surface area contributed by atoms with Gasteiger partial charge in [0.2, 0.25) is 0 Å². The lowest BCUT2D eigenvalue weighted by atomic mass is 10.1. The van der Waals surface area contributed by atoms with Crippen LogP contribution in [-0.4, -0.2) is 58.4 Å². The summed E-state index contributed by atoms with van der Waals surface area (Å²) in [6, 6.07) is 3.80. The topological polar surface area (TPSA) is 59.8 Å². The Bertz CT molecular complexity index is 435. The van der Waals surface area contributed by atoms with Crippen molar-refractivity contribution in [2.75, 3.05) is 37.6 Å². The smallest absolute Gasteiger partial charge is 0.128 e. The summed E-state index contributed by atoms with van der Waals surface area (Å²) in [5.41, 5.74) is 0.251. The molecule has 1 aromatic rings. The maximum atomic E-state index is 9.85. The lowest BCUT2D eigenvalue weighted by Gasteiger charge is -2.37. The summed E-state index contributed by atoms with van der Waals surface area (Å²) in [4.78, 5) is 8.89. The molecule has 0 bridgehead atoms. The third-order valence-electron chi connectivity index (χ3n) is 3.56. The molecule has 1 fully saturated rings. The van der Waals surface area contributed by atoms with Gasteiger partial charge in [0.05, 0.1) is 11.7 Å². The quantitative estimate of drug-likeness (QED) is 0.862. The molecule has 0 radical (unpaired) electrons. The van der Waals surface area contributed by atoms with E-state index in [0.717, 1.165) is 37.6 Å². The molecule has 5 nitrogen and oxygen atoms in total. The van der Waals surface area contributed by atoms with Crippen molar-refractivity contribution in [3.05, 3.63) is 23.9 Å². The molecule has 20 heavy (non-hydrogen) atoms. The molecule has 0 spiro atoms. The zero-order valence-electron chi connectivity index (χ0n) is 12.6. The molecule has 0 aliphatic carbocycles. The second kappa shape index (κ2) is 6.08. The first-order valence-corrected chi connectivity index (χ1v) is 7.19. The summed E-state index contributed by atoms with van der Waals surface area (Å²) in [6.07, 6.45) is 1.29. The number of aliphatic hydroxyl groups excluding tert-OH is 1. The number of anilines is 1. The molecular weight excluding hydrogens is 254 g/mol. The van der Waals surface area contributed by atoms with Gasteiger partial charge >= 0.3 is 0 Å². The van der Waals surface area contributed by atoms with Crippen molar-refractivity contribution >= 4 is 5.82 Å². The molecule has 0 aromatic carbocycles. The Hall–Kier alpha value is -1.17. The van der Waals surface area contributed by atoms with E-state index in [9.17, 15) is 10.2 Å². The number of aromatic nitrogens is 1. The van der Waals surface area contributed by atoms with Crippen LogP contribution in [0.3, 0.4) is 0 Å². The predicted molar refractivity (Wildman–Crippen MR) is 79.8 cm³/mol. The predicted octanol–water partition coefficient (Wildman–Crippen LogP) is 1.03. The summed E-state index contributed by atoms with van der Waals surface area (Å²) in [6.45, 7) is 9.77. The Morgan fingerprint density at radius 2 is 1.95 bits per heavy atom. The molecular formula is C15H25N3O2. The molecule has 1 aliphatic rings. The summed E-state index contributed by atoms with van der Waals surface area (Å²) in [5.74, 6) is 0.923. The van der Waals surface area contributed by atoms with Gasteiger partial charge in [0, 0.05) is 38.9 Å². The second-order valence-electron chi connectivity index (χ2n) is 6.20. The van der Waals surface area contributed by atoms with Crippen molar-refractivity contribution < 1.29 is 10.2 Å². The minimum atomic E-state index is -0.646. The molecule has 1 aliphatic heterocycles. The Morgan fingerprint density at radius 1 is 1.30 bits per heavy atom. The minimum absolute atomic E-state index is 0.465. The Kier molecular flexibility index (Phi) is 4.62. The van der Waals surface area contributed by atoms with E-state index in [4.69, 9.17) is 0 Å². The molecule has 0 unspecified atom stereocenters. The van der Waals surface area contributed by atoms with Crippen LogP contribution in [0.2, 0.25) is 0 Å². The number of pyridine rings is 1. The van der Waals surface area contributed by atoms with Gasteiger partial charge in [-0.25, -0.2) is 4.98 Å². The van der Waals surface area contributed by atoms with Gasteiger partial charge in [-0.2, -0.15) is 0 Å². The van der Waals surface area contributed by atoms with Gasteiger partial charge < -0.3 is 15.1 Å². The number of hydrogen-bond acceptors (Lipinski definition) is 5. The van der Waals surface area contributed by atoms with Crippen LogP contribution in [0.1, 0.15) is 32.4 Å². The first kappa shape index (κ1) is 15.2. The van der Waals surface area contributed by atoms with Crippen LogP contribution in [0.25, 0.3) is 0 Å². The molecule has 0 saturated carbocycles. The highest BCUT2D eigenvalue weighted by atomic mass is 16.3. The standard InChI is InChI=1S/C15H25N3O2/c1-12(19)13-4-5-16-14(10-13)18-8-6-17(7-9-18)11-15(2,3)20/h4-5,10,12,19-20H,6-9,11H2,1-3H3/t12-/m1/s1. The Balaban J connectivity index is 1.95. The SMILES string of the molecule is C[C@@H](O)c1ccnc(N2CCN(CC(C)(C)O)CC2)c1. The van der Waals surface area contributed by atoms with E-state index in [2.05, 4.69) is 14.8 Å². The normalized spacial score (nSPS) is 19.1. The van der Waals surface area contributed by atoms with Crippen molar-refractivity contribution in [1.82, 2.24) is 9.88 Å². The number of rotatable bonds is 4. The number of piperazine rings is 1. The van der Waals surface area contributed by atoms with Crippen molar-refractivity contribution in [2.24, 2.45) is 0 Å². The van der Waals surface area contributed by atoms with Crippen LogP contribution in [0.15, 0.2) is 18.3 Å². The number of nitrogens with zero attached hydrogens (tertiary/aromatic N) is 3. The van der Waals surface area contributed by atoms with Gasteiger partial charge in [-0.3, -0.25) is 4.90 Å². The van der Waals surface area contributed by atoms with Crippen LogP contribution in [-0.2, 0) is 0 Å². The Labute approximate surface area is 120 Å². The lowest BCUT2D eigenvalue weighted by Crippen LogP contribution is -2.50. The maximum Gasteiger partial charge on any atom is 0.128 e. The minimum Gasteiger partial charge on any atom is -0.389 e. The fourth-order valence-corrected chi connectivity index (χ4v) is 2.55. The summed E-state index contributed by atoms with van der Waals surface area (Å²) < 4.78 is 0. The van der Waals surface area contributed by atoms with E-state index in [1.807, 2.05) is 26.0 Å². The fraction of sp³-hybridized carbons (Fsp3) is 0.667. The van der Waals surface area contributed by atoms with Crippen LogP contribution in [0.5, 0.6) is 0 Å². The molecule has 0 amide bonds. The fourth-order valence-electron chi connectivity index (χ4n) is 2.55. The average molecular weight is 279 g/mol. The molecule has 1 saturated heterocycles. The molecule has 2 rings (SSSR count). The van der Waals surface area contributed by atoms with Crippen LogP contribution in [0, 0.1) is 0 Å². The molecule has 2 N–H and O–H groups in total. The molecule has 2 heterocycles. The van der Waals surface area contributed by atoms with Gasteiger partial charge in [0.1, 0.15) is 5.82 Å². The molecule has 1 aromatic heterocycles. The van der Waals surface area contributed by atoms with E-state index in [0.29, 0.717) is 6.54 Å². The monoisotopic (exact) mass is 279 g/mol. The van der Waals surface area contributed by atoms with Crippen molar-refractivity contribution in [1.29, 1.82) is 0 Å². The van der Waals surface area contributed by atoms with E-state index in [1.165, 1.54) is 0 Å². The zero-order valence-corrected chi connectivity index (χ0v) is 12.6. The zero-order chi connectivity index (χ0) is 14.8. The van der Waals surface area contributed by atoms with Gasteiger partial charge in [0.25, 0.3) is 0 Å². The van der Waals surface area contributed by atoms with E-state index < -0.39 is 11.7 Å². The third kappa shape index (κ3) is 4.16. The molecule has 5 heteroatoms. The van der Waals surface area contributed by atoms with Gasteiger partial charge in [0.15, 0.2) is 0 Å². The number of aliphatic hydroxyl groups is 2. The van der Waals surface area contributed by atoms with Crippen LogP contribution >= 0.6 is 0 Å². The largest absolute Gasteiger partial charge is 0.389 e. The molecule has 1 atom stereocenters. The summed E-state index contributed by atoms with van der Waals surface area (Å²) in [7, 11) is 0. The van der Waals surface area contributed by atoms with Crippen molar-refractivity contribution in [3.8, 4) is 0 Å². The van der Waals surface area contributed by atoms with Gasteiger partial charge in [-0.05, 0) is 38.5 Å². The maximum absolute atomic E-state index is 9.85. The van der Waals surface area contributed by atoms with Crippen LogP contribution in [0.4, 0.5) is 5.82 Å². The van der Waals surface area contributed by atoms with Gasteiger partial charge in [-0.15, -0.1) is 0 Å². The molecule has 112 valence electrons. The highest BCUT2D eigenvalue weighted by molar-refractivity contribution is 5.42. The third-order valence-corrected chi connectivity index (χ3v) is 3.56. The van der Waals surface area contributed by atoms with E-state index in [-0.39, 0.29) is 0 Å². The number of hydrogen-bond donors (Lipinski definition) is 2. The van der Waals surface area contributed by atoms with Crippen molar-refractivity contribution in [2.45, 2.75) is 32.5 Å². The second-order valence-corrected chi connectivity index (χ2v) is 6.20. The highest BCUT2D eigenvalue weighted by Gasteiger charge is 2.23. The average Bonchev–Trinajstić information content (AvgIpc) is 2.38.